The Morgan fingerprint density at radius 2 is 1.73 bits per heavy atom. The lowest BCUT2D eigenvalue weighted by atomic mass is 10.1. The van der Waals surface area contributed by atoms with Crippen LogP contribution in [0.5, 0.6) is 5.75 Å². The first-order chi connectivity index (χ1) is 25.0. The first-order valence-corrected chi connectivity index (χ1v) is 17.9. The Balaban J connectivity index is 1.51. The minimum Gasteiger partial charge on any atom is -0.461 e. The van der Waals surface area contributed by atoms with Crippen LogP contribution in [0, 0.1) is 37.4 Å². The molecule has 0 radical (unpaired) electrons. The minimum absolute atomic E-state index is 0.0616. The van der Waals surface area contributed by atoms with E-state index in [0.717, 1.165) is 38.2 Å². The summed E-state index contributed by atoms with van der Waals surface area (Å²) in [5.41, 5.74) is 6.46. The van der Waals surface area contributed by atoms with E-state index in [2.05, 4.69) is 16.8 Å². The summed E-state index contributed by atoms with van der Waals surface area (Å²) in [4.78, 5) is 59.0. The third kappa shape index (κ3) is 9.11. The van der Waals surface area contributed by atoms with Crippen LogP contribution < -0.4 is 20.8 Å². The van der Waals surface area contributed by atoms with Gasteiger partial charge in [-0.25, -0.2) is 9.18 Å². The van der Waals surface area contributed by atoms with Crippen LogP contribution >= 0.6 is 11.6 Å². The van der Waals surface area contributed by atoms with Gasteiger partial charge in [-0.05, 0) is 51.5 Å². The number of pyridine rings is 2. The van der Waals surface area contributed by atoms with Crippen molar-refractivity contribution in [1.82, 2.24) is 9.55 Å². The number of terminal acetylenes is 2. The molecular formula is C39H42ClFN4O7. The Labute approximate surface area is 306 Å². The number of unbranched alkanes of at least 4 members (excludes halogenated alkanes) is 2. The predicted molar refractivity (Wildman–Crippen MR) is 194 cm³/mol. The molecule has 2 aromatic heterocycles. The SMILES string of the molecule is C#CCCCC(=O)OCc1cnc(C)c(OC(=O)c2cn(C3CC3)c3c(Cl)c(N4CCCC[C@@H](N)C4)c(F)cc3c2=O)c1COC(=O)CCCC#C. The number of rotatable bonds is 14. The van der Waals surface area contributed by atoms with Crippen LogP contribution in [-0.4, -0.2) is 46.6 Å². The molecule has 13 heteroatoms. The van der Waals surface area contributed by atoms with Crippen LogP contribution in [0.3, 0.4) is 0 Å². The highest BCUT2D eigenvalue weighted by atomic mass is 35.5. The van der Waals surface area contributed by atoms with Gasteiger partial charge in [0, 0.05) is 74.4 Å². The summed E-state index contributed by atoms with van der Waals surface area (Å²) >= 11 is 6.94. The number of benzene rings is 1. The van der Waals surface area contributed by atoms with Gasteiger partial charge in [0.1, 0.15) is 24.6 Å². The molecule has 3 aromatic rings. The molecule has 1 saturated carbocycles. The van der Waals surface area contributed by atoms with Crippen molar-refractivity contribution >= 4 is 46.1 Å². The van der Waals surface area contributed by atoms with Gasteiger partial charge in [0.25, 0.3) is 0 Å². The Morgan fingerprint density at radius 3 is 2.38 bits per heavy atom. The number of nitrogens with two attached hydrogens (primary N) is 1. The monoisotopic (exact) mass is 732 g/mol. The number of ether oxygens (including phenoxy) is 3. The number of carbonyl (C=O) groups excluding carboxylic acids is 3. The standard InChI is InChI=1S/C39H42ClFN4O7/c1-4-6-8-13-32(46)50-22-25-19-43-24(3)38(30(25)23-51-33(47)14-9-7-5-2)52-39(49)29-21-45(27-15-16-27)35-28(37(29)48)18-31(41)36(34(35)40)44-17-11-10-12-26(42)20-44/h1-2,18-19,21,26-27H,6-17,20,22-23,42H2,3H3/t26-/m1/s1. The van der Waals surface area contributed by atoms with Gasteiger partial charge in [-0.1, -0.05) is 18.0 Å². The second kappa shape index (κ2) is 17.5. The summed E-state index contributed by atoms with van der Waals surface area (Å²) < 4.78 is 34.5. The van der Waals surface area contributed by atoms with Crippen molar-refractivity contribution < 1.29 is 33.0 Å². The highest BCUT2D eigenvalue weighted by Gasteiger charge is 2.32. The lowest BCUT2D eigenvalue weighted by molar-refractivity contribution is -0.146. The second-order valence-electron chi connectivity index (χ2n) is 13.1. The van der Waals surface area contributed by atoms with Crippen molar-refractivity contribution in [3.05, 3.63) is 61.9 Å². The number of anilines is 1. The number of aryl methyl sites for hydroxylation is 1. The largest absolute Gasteiger partial charge is 0.461 e. The zero-order valence-electron chi connectivity index (χ0n) is 29.2. The quantitative estimate of drug-likeness (QED) is 0.118. The number of hydrogen-bond donors (Lipinski definition) is 1. The molecule has 1 atom stereocenters. The van der Waals surface area contributed by atoms with E-state index in [1.54, 1.807) is 11.5 Å². The average Bonchev–Trinajstić information content (AvgIpc) is 3.97. The molecule has 3 heterocycles. The molecule has 1 aromatic carbocycles. The third-order valence-electron chi connectivity index (χ3n) is 9.14. The van der Waals surface area contributed by atoms with Crippen LogP contribution in [0.4, 0.5) is 10.1 Å². The highest BCUT2D eigenvalue weighted by Crippen LogP contribution is 2.42. The number of carbonyl (C=O) groups is 3. The van der Waals surface area contributed by atoms with Crippen LogP contribution in [-0.2, 0) is 32.3 Å². The molecule has 5 rings (SSSR count). The van der Waals surface area contributed by atoms with Gasteiger partial charge in [0.15, 0.2) is 5.75 Å². The molecule has 52 heavy (non-hydrogen) atoms. The topological polar surface area (TPSA) is 143 Å². The molecule has 2 aliphatic rings. The molecule has 274 valence electrons. The van der Waals surface area contributed by atoms with Crippen molar-refractivity contribution in [1.29, 1.82) is 0 Å². The number of nitrogens with zero attached hydrogens (tertiary/aromatic N) is 3. The summed E-state index contributed by atoms with van der Waals surface area (Å²) in [6.07, 6.45) is 19.3. The lowest BCUT2D eigenvalue weighted by Crippen LogP contribution is -2.36. The lowest BCUT2D eigenvalue weighted by Gasteiger charge is -2.27. The fourth-order valence-electron chi connectivity index (χ4n) is 6.25. The molecule has 1 aliphatic carbocycles. The van der Waals surface area contributed by atoms with Crippen molar-refractivity contribution in [2.45, 2.75) is 103 Å². The zero-order chi connectivity index (χ0) is 37.4. The molecular weight excluding hydrogens is 691 g/mol. The van der Waals surface area contributed by atoms with Gasteiger partial charge in [0.05, 0.1) is 27.3 Å². The van der Waals surface area contributed by atoms with Crippen molar-refractivity contribution in [3.63, 3.8) is 0 Å². The zero-order valence-corrected chi connectivity index (χ0v) is 29.9. The maximum absolute atomic E-state index is 15.9. The Bertz CT molecular complexity index is 2000. The number of fused-ring (bicyclic) bond motifs is 1. The van der Waals surface area contributed by atoms with Gasteiger partial charge >= 0.3 is 17.9 Å². The van der Waals surface area contributed by atoms with E-state index < -0.39 is 29.2 Å². The number of hydrogen-bond acceptors (Lipinski definition) is 10. The van der Waals surface area contributed by atoms with E-state index >= 15 is 4.39 Å². The molecule has 1 aliphatic heterocycles. The van der Waals surface area contributed by atoms with Gasteiger partial charge in [-0.15, -0.1) is 24.7 Å². The molecule has 2 fully saturated rings. The molecule has 0 spiro atoms. The minimum atomic E-state index is -1.03. The number of aromatic nitrogens is 2. The predicted octanol–water partition coefficient (Wildman–Crippen LogP) is 6.06. The van der Waals surface area contributed by atoms with E-state index in [4.69, 9.17) is 44.4 Å². The van der Waals surface area contributed by atoms with E-state index in [0.29, 0.717) is 49.9 Å². The van der Waals surface area contributed by atoms with Crippen molar-refractivity contribution in [3.8, 4) is 30.4 Å². The summed E-state index contributed by atoms with van der Waals surface area (Å²) in [5, 5.41) is 0.0223. The summed E-state index contributed by atoms with van der Waals surface area (Å²) in [5.74, 6) is 2.10. The number of halogens is 2. The second-order valence-corrected chi connectivity index (χ2v) is 13.5. The van der Waals surface area contributed by atoms with E-state index in [1.165, 1.54) is 12.4 Å². The van der Waals surface area contributed by atoms with Crippen molar-refractivity contribution in [2.24, 2.45) is 5.73 Å². The van der Waals surface area contributed by atoms with Gasteiger partial charge in [0.2, 0.25) is 5.43 Å². The molecule has 0 unspecified atom stereocenters. The summed E-state index contributed by atoms with van der Waals surface area (Å²) in [7, 11) is 0. The molecule has 0 bridgehead atoms. The highest BCUT2D eigenvalue weighted by molar-refractivity contribution is 6.38. The third-order valence-corrected chi connectivity index (χ3v) is 9.50. The van der Waals surface area contributed by atoms with Crippen LogP contribution in [0.2, 0.25) is 5.02 Å². The fourth-order valence-corrected chi connectivity index (χ4v) is 6.66. The maximum atomic E-state index is 15.9. The van der Waals surface area contributed by atoms with Gasteiger partial charge in [-0.2, -0.15) is 0 Å². The van der Waals surface area contributed by atoms with Crippen molar-refractivity contribution in [2.75, 3.05) is 18.0 Å². The smallest absolute Gasteiger partial charge is 0.349 e. The van der Waals surface area contributed by atoms with Gasteiger partial charge < -0.3 is 29.4 Å². The van der Waals surface area contributed by atoms with Crippen LogP contribution in [0.1, 0.15) is 104 Å². The molecule has 0 amide bonds. The maximum Gasteiger partial charge on any atom is 0.349 e. The van der Waals surface area contributed by atoms with Gasteiger partial charge in [-0.3, -0.25) is 19.4 Å². The Morgan fingerprint density at radius 1 is 1.06 bits per heavy atom. The fraction of sp³-hybridized carbons (Fsp3) is 0.462. The van der Waals surface area contributed by atoms with E-state index in [-0.39, 0.29) is 76.8 Å². The first-order valence-electron chi connectivity index (χ1n) is 17.5. The Kier molecular flexibility index (Phi) is 12.9. The number of esters is 3. The van der Waals surface area contributed by atoms with Crippen LogP contribution in [0.25, 0.3) is 10.9 Å². The average molecular weight is 733 g/mol. The Hall–Kier alpha value is -4.91. The summed E-state index contributed by atoms with van der Waals surface area (Å²) in [6, 6.07) is 0.908. The normalized spacial score (nSPS) is 15.7. The van der Waals surface area contributed by atoms with E-state index in [9.17, 15) is 19.2 Å². The summed E-state index contributed by atoms with van der Waals surface area (Å²) in [6.45, 7) is 1.95. The molecule has 11 nitrogen and oxygen atoms in total. The first kappa shape index (κ1) is 38.3. The molecule has 2 N–H and O–H groups in total. The van der Waals surface area contributed by atoms with Crippen LogP contribution in [0.15, 0.2) is 23.3 Å². The van der Waals surface area contributed by atoms with E-state index in [1.807, 2.05) is 4.90 Å². The molecule has 1 saturated heterocycles.